The summed E-state index contributed by atoms with van der Waals surface area (Å²) in [6.45, 7) is 5.84. The van der Waals surface area contributed by atoms with Gasteiger partial charge in [0.2, 0.25) is 0 Å². The van der Waals surface area contributed by atoms with E-state index < -0.39 is 0 Å². The molecule has 0 spiro atoms. The van der Waals surface area contributed by atoms with E-state index in [1.54, 1.807) is 0 Å². The van der Waals surface area contributed by atoms with Gasteiger partial charge < -0.3 is 9.84 Å². The highest BCUT2D eigenvalue weighted by molar-refractivity contribution is 9.10. The number of hydrogen-bond donors (Lipinski definition) is 1. The van der Waals surface area contributed by atoms with Crippen LogP contribution < -0.4 is 4.74 Å². The second-order valence-electron chi connectivity index (χ2n) is 5.91. The van der Waals surface area contributed by atoms with Crippen molar-refractivity contribution in [2.24, 2.45) is 5.92 Å². The molecule has 2 aliphatic heterocycles. The van der Waals surface area contributed by atoms with Gasteiger partial charge in [0.15, 0.2) is 0 Å². The standard InChI is InChI=1S/C16H22BrNO2/c1-2-11-9-18(5-3-15(11)19)10-13-8-14(17)7-12-4-6-20-16(12)13/h7-8,11,15,19H,2-6,9-10H2,1H3. The number of benzene rings is 1. The number of piperidine rings is 1. The van der Waals surface area contributed by atoms with E-state index in [9.17, 15) is 5.11 Å². The SMILES string of the molecule is CCC1CN(Cc2cc(Br)cc3c2OCC3)CCC1O. The van der Waals surface area contributed by atoms with Crippen LogP contribution >= 0.6 is 15.9 Å². The molecule has 3 nitrogen and oxygen atoms in total. The highest BCUT2D eigenvalue weighted by Crippen LogP contribution is 2.34. The minimum absolute atomic E-state index is 0.124. The van der Waals surface area contributed by atoms with E-state index in [2.05, 4.69) is 39.9 Å². The Morgan fingerprint density at radius 3 is 3.10 bits per heavy atom. The van der Waals surface area contributed by atoms with E-state index in [1.165, 1.54) is 11.1 Å². The van der Waals surface area contributed by atoms with E-state index in [0.29, 0.717) is 5.92 Å². The van der Waals surface area contributed by atoms with E-state index in [0.717, 1.165) is 55.7 Å². The second-order valence-corrected chi connectivity index (χ2v) is 6.83. The Hall–Kier alpha value is -0.580. The van der Waals surface area contributed by atoms with Crippen LogP contribution in [0.15, 0.2) is 16.6 Å². The summed E-state index contributed by atoms with van der Waals surface area (Å²) >= 11 is 3.60. The van der Waals surface area contributed by atoms with Crippen molar-refractivity contribution in [3.05, 3.63) is 27.7 Å². The van der Waals surface area contributed by atoms with Gasteiger partial charge in [0.05, 0.1) is 12.7 Å². The fourth-order valence-corrected chi connectivity index (χ4v) is 3.90. The molecule has 1 fully saturated rings. The van der Waals surface area contributed by atoms with Gasteiger partial charge in [-0.05, 0) is 36.5 Å². The number of fused-ring (bicyclic) bond motifs is 1. The molecule has 0 radical (unpaired) electrons. The minimum atomic E-state index is -0.124. The number of halogens is 1. The predicted octanol–water partition coefficient (Wildman–Crippen LogP) is 2.98. The summed E-state index contributed by atoms with van der Waals surface area (Å²) in [5, 5.41) is 9.99. The number of ether oxygens (including phenoxy) is 1. The van der Waals surface area contributed by atoms with Gasteiger partial charge in [-0.25, -0.2) is 0 Å². The van der Waals surface area contributed by atoms with Crippen LogP contribution in [0.2, 0.25) is 0 Å². The molecule has 0 amide bonds. The molecule has 2 aliphatic rings. The maximum atomic E-state index is 9.99. The Morgan fingerprint density at radius 1 is 1.45 bits per heavy atom. The number of likely N-dealkylation sites (tertiary alicyclic amines) is 1. The normalized spacial score (nSPS) is 26.4. The topological polar surface area (TPSA) is 32.7 Å². The molecule has 1 N–H and O–H groups in total. The largest absolute Gasteiger partial charge is 0.493 e. The molecule has 0 aromatic heterocycles. The Balaban J connectivity index is 1.75. The van der Waals surface area contributed by atoms with Crippen molar-refractivity contribution in [3.8, 4) is 5.75 Å². The molecule has 1 aromatic rings. The van der Waals surface area contributed by atoms with Gasteiger partial charge >= 0.3 is 0 Å². The lowest BCUT2D eigenvalue weighted by Gasteiger charge is -2.36. The summed E-state index contributed by atoms with van der Waals surface area (Å²) in [5.41, 5.74) is 2.59. The molecule has 3 rings (SSSR count). The van der Waals surface area contributed by atoms with E-state index in [4.69, 9.17) is 4.74 Å². The van der Waals surface area contributed by atoms with Crippen molar-refractivity contribution in [3.63, 3.8) is 0 Å². The van der Waals surface area contributed by atoms with Crippen molar-refractivity contribution in [2.75, 3.05) is 19.7 Å². The van der Waals surface area contributed by atoms with Gasteiger partial charge in [0.1, 0.15) is 5.75 Å². The summed E-state index contributed by atoms with van der Waals surface area (Å²) < 4.78 is 6.94. The van der Waals surface area contributed by atoms with Crippen molar-refractivity contribution >= 4 is 15.9 Å². The first kappa shape index (κ1) is 14.4. The fraction of sp³-hybridized carbons (Fsp3) is 0.625. The van der Waals surface area contributed by atoms with Crippen LogP contribution in [0.5, 0.6) is 5.75 Å². The summed E-state index contributed by atoms with van der Waals surface area (Å²) in [6.07, 6.45) is 2.82. The molecule has 1 saturated heterocycles. The third kappa shape index (κ3) is 2.87. The van der Waals surface area contributed by atoms with Gasteiger partial charge in [-0.3, -0.25) is 4.90 Å². The molecule has 2 unspecified atom stereocenters. The monoisotopic (exact) mass is 339 g/mol. The predicted molar refractivity (Wildman–Crippen MR) is 83.0 cm³/mol. The van der Waals surface area contributed by atoms with Gasteiger partial charge in [-0.15, -0.1) is 0 Å². The summed E-state index contributed by atoms with van der Waals surface area (Å²) in [6, 6.07) is 4.34. The van der Waals surface area contributed by atoms with Gasteiger partial charge in [-0.2, -0.15) is 0 Å². The smallest absolute Gasteiger partial charge is 0.127 e. The molecule has 2 atom stereocenters. The van der Waals surface area contributed by atoms with Crippen LogP contribution in [-0.2, 0) is 13.0 Å². The van der Waals surface area contributed by atoms with E-state index in [-0.39, 0.29) is 6.10 Å². The first-order chi connectivity index (χ1) is 9.67. The Morgan fingerprint density at radius 2 is 2.30 bits per heavy atom. The lowest BCUT2D eigenvalue weighted by atomic mass is 9.92. The van der Waals surface area contributed by atoms with Crippen LogP contribution in [0.3, 0.4) is 0 Å². The average Bonchev–Trinajstić information content (AvgIpc) is 2.89. The Bertz CT molecular complexity index is 492. The number of hydrogen-bond acceptors (Lipinski definition) is 3. The molecular formula is C16H22BrNO2. The summed E-state index contributed by atoms with van der Waals surface area (Å²) in [7, 11) is 0. The first-order valence-corrected chi connectivity index (χ1v) is 8.31. The highest BCUT2D eigenvalue weighted by Gasteiger charge is 2.27. The lowest BCUT2D eigenvalue weighted by molar-refractivity contribution is 0.0219. The minimum Gasteiger partial charge on any atom is -0.493 e. The van der Waals surface area contributed by atoms with Crippen molar-refractivity contribution in [2.45, 2.75) is 38.8 Å². The summed E-state index contributed by atoms with van der Waals surface area (Å²) in [5.74, 6) is 1.50. The molecule has 2 heterocycles. The Kier molecular flexibility index (Phi) is 4.34. The average molecular weight is 340 g/mol. The van der Waals surface area contributed by atoms with Gasteiger partial charge in [0, 0.05) is 36.1 Å². The van der Waals surface area contributed by atoms with Crippen LogP contribution in [-0.4, -0.2) is 35.8 Å². The van der Waals surface area contributed by atoms with Crippen LogP contribution in [0.4, 0.5) is 0 Å². The molecule has 4 heteroatoms. The fourth-order valence-electron chi connectivity index (χ4n) is 3.34. The number of aliphatic hydroxyl groups excluding tert-OH is 1. The molecular weight excluding hydrogens is 318 g/mol. The van der Waals surface area contributed by atoms with Crippen LogP contribution in [0.25, 0.3) is 0 Å². The van der Waals surface area contributed by atoms with Crippen molar-refractivity contribution in [1.82, 2.24) is 4.90 Å². The molecule has 20 heavy (non-hydrogen) atoms. The van der Waals surface area contributed by atoms with Gasteiger partial charge in [0.25, 0.3) is 0 Å². The second kappa shape index (κ2) is 6.04. The first-order valence-electron chi connectivity index (χ1n) is 7.52. The number of aliphatic hydroxyl groups is 1. The van der Waals surface area contributed by atoms with Crippen molar-refractivity contribution < 1.29 is 9.84 Å². The maximum absolute atomic E-state index is 9.99. The third-order valence-corrected chi connectivity index (χ3v) is 4.98. The molecule has 0 saturated carbocycles. The zero-order chi connectivity index (χ0) is 14.1. The molecule has 0 bridgehead atoms. The zero-order valence-corrected chi connectivity index (χ0v) is 13.5. The van der Waals surface area contributed by atoms with E-state index >= 15 is 0 Å². The van der Waals surface area contributed by atoms with E-state index in [1.807, 2.05) is 0 Å². The quantitative estimate of drug-likeness (QED) is 0.918. The maximum Gasteiger partial charge on any atom is 0.127 e. The van der Waals surface area contributed by atoms with Gasteiger partial charge in [-0.1, -0.05) is 22.9 Å². The Labute approximate surface area is 129 Å². The van der Waals surface area contributed by atoms with Crippen molar-refractivity contribution in [1.29, 1.82) is 0 Å². The summed E-state index contributed by atoms with van der Waals surface area (Å²) in [4.78, 5) is 2.45. The highest BCUT2D eigenvalue weighted by atomic mass is 79.9. The zero-order valence-electron chi connectivity index (χ0n) is 11.9. The molecule has 1 aromatic carbocycles. The molecule has 0 aliphatic carbocycles. The number of rotatable bonds is 3. The third-order valence-electron chi connectivity index (χ3n) is 4.52. The van der Waals surface area contributed by atoms with Crippen LogP contribution in [0.1, 0.15) is 30.9 Å². The number of nitrogens with zero attached hydrogens (tertiary/aromatic N) is 1. The van der Waals surface area contributed by atoms with Crippen LogP contribution in [0, 0.1) is 5.92 Å². The lowest BCUT2D eigenvalue weighted by Crippen LogP contribution is -2.42. The molecule has 110 valence electrons.